The van der Waals surface area contributed by atoms with Gasteiger partial charge in [0.25, 0.3) is 0 Å². The molecule has 1 heterocycles. The van der Waals surface area contributed by atoms with Crippen LogP contribution in [-0.4, -0.2) is 19.6 Å². The molecule has 0 saturated carbocycles. The van der Waals surface area contributed by atoms with Gasteiger partial charge in [-0.25, -0.2) is 0 Å². The van der Waals surface area contributed by atoms with Crippen molar-refractivity contribution in [1.29, 1.82) is 0 Å². The zero-order valence-corrected chi connectivity index (χ0v) is 10.1. The molecule has 0 bridgehead atoms. The molecule has 1 saturated heterocycles. The van der Waals surface area contributed by atoms with E-state index < -0.39 is 0 Å². The lowest BCUT2D eigenvalue weighted by Crippen LogP contribution is -2.34. The van der Waals surface area contributed by atoms with E-state index in [-0.39, 0.29) is 0 Å². The average Bonchev–Trinajstić information content (AvgIpc) is 2.30. The van der Waals surface area contributed by atoms with E-state index in [1.54, 1.807) is 0 Å². The topological polar surface area (TPSA) is 29.3 Å². The molecule has 1 radical (unpaired) electrons. The fourth-order valence-corrected chi connectivity index (χ4v) is 2.38. The van der Waals surface area contributed by atoms with Gasteiger partial charge in [0, 0.05) is 18.8 Å². The van der Waals surface area contributed by atoms with Gasteiger partial charge in [-0.2, -0.15) is 0 Å². The summed E-state index contributed by atoms with van der Waals surface area (Å²) in [5.74, 6) is 0.817. The Morgan fingerprint density at radius 3 is 3.00 bits per heavy atom. The minimum Gasteiger partial charge on any atom is -0.371 e. The fraction of sp³-hybridized carbons (Fsp3) is 0.571. The van der Waals surface area contributed by atoms with Gasteiger partial charge >= 0.3 is 0 Å². The Morgan fingerprint density at radius 2 is 2.38 bits per heavy atom. The molecule has 0 amide bonds. The van der Waals surface area contributed by atoms with E-state index >= 15 is 0 Å². The van der Waals surface area contributed by atoms with Crippen LogP contribution in [-0.2, 0) is 6.42 Å². The van der Waals surface area contributed by atoms with Crippen LogP contribution < -0.4 is 10.6 Å². The second kappa shape index (κ2) is 5.35. The molecule has 0 spiro atoms. The van der Waals surface area contributed by atoms with Crippen molar-refractivity contribution in [3.05, 3.63) is 29.8 Å². The van der Waals surface area contributed by atoms with Crippen LogP contribution in [0.5, 0.6) is 0 Å². The first-order chi connectivity index (χ1) is 7.79. The summed E-state index contributed by atoms with van der Waals surface area (Å²) in [4.78, 5) is 2.47. The van der Waals surface area contributed by atoms with Gasteiger partial charge in [-0.3, -0.25) is 0 Å². The molecule has 1 aromatic rings. The molecule has 1 aliphatic rings. The fourth-order valence-electron chi connectivity index (χ4n) is 2.38. The van der Waals surface area contributed by atoms with Crippen molar-refractivity contribution in [3.8, 4) is 0 Å². The molecule has 87 valence electrons. The van der Waals surface area contributed by atoms with Gasteiger partial charge in [-0.05, 0) is 55.5 Å². The first-order valence-corrected chi connectivity index (χ1v) is 6.25. The smallest absolute Gasteiger partial charge is 0.0372 e. The first kappa shape index (κ1) is 11.5. The molecule has 0 aromatic heterocycles. The zero-order chi connectivity index (χ0) is 11.4. The summed E-state index contributed by atoms with van der Waals surface area (Å²) in [7, 11) is 0. The van der Waals surface area contributed by atoms with E-state index in [0.717, 1.165) is 12.3 Å². The van der Waals surface area contributed by atoms with Crippen LogP contribution in [0.25, 0.3) is 0 Å². The number of nitrogens with two attached hydrogens (primary N) is 1. The van der Waals surface area contributed by atoms with Gasteiger partial charge < -0.3 is 10.6 Å². The van der Waals surface area contributed by atoms with Gasteiger partial charge in [0.2, 0.25) is 0 Å². The van der Waals surface area contributed by atoms with E-state index in [9.17, 15) is 0 Å². The summed E-state index contributed by atoms with van der Waals surface area (Å²) in [5.41, 5.74) is 8.06. The van der Waals surface area contributed by atoms with Crippen molar-refractivity contribution < 1.29 is 0 Å². The lowest BCUT2D eigenvalue weighted by Gasteiger charge is -2.32. The van der Waals surface area contributed by atoms with E-state index in [4.69, 9.17) is 5.73 Å². The van der Waals surface area contributed by atoms with Crippen LogP contribution in [0.1, 0.15) is 25.3 Å². The van der Waals surface area contributed by atoms with Crippen LogP contribution in [0.15, 0.2) is 18.2 Å². The van der Waals surface area contributed by atoms with E-state index in [1.165, 1.54) is 37.2 Å². The molecule has 1 aliphatic heterocycles. The number of benzene rings is 1. The summed E-state index contributed by atoms with van der Waals surface area (Å²) in [6, 6.07) is 9.80. The van der Waals surface area contributed by atoms with Crippen molar-refractivity contribution in [1.82, 2.24) is 0 Å². The van der Waals surface area contributed by atoms with Crippen LogP contribution in [0.4, 0.5) is 5.69 Å². The van der Waals surface area contributed by atoms with Gasteiger partial charge in [-0.1, -0.05) is 13.0 Å². The Bertz CT molecular complexity index is 318. The molecular formula is C14H21N2. The van der Waals surface area contributed by atoms with Crippen molar-refractivity contribution in [3.63, 3.8) is 0 Å². The number of piperidine rings is 1. The minimum atomic E-state index is 0.705. The standard InChI is InChI=1S/C14H21N2/c1-12-3-2-10-16(11-12)14-6-4-13(5-7-14)8-9-15/h4,6-7,12H,2-3,8-11,15H2,1H3. The third kappa shape index (κ3) is 2.76. The maximum atomic E-state index is 5.53. The molecule has 2 rings (SSSR count). The summed E-state index contributed by atoms with van der Waals surface area (Å²) >= 11 is 0. The maximum absolute atomic E-state index is 5.53. The Labute approximate surface area is 98.4 Å². The van der Waals surface area contributed by atoms with Crippen molar-refractivity contribution in [2.24, 2.45) is 11.7 Å². The molecule has 2 heteroatoms. The van der Waals surface area contributed by atoms with Crippen LogP contribution in [0, 0.1) is 12.0 Å². The third-order valence-corrected chi connectivity index (χ3v) is 3.30. The van der Waals surface area contributed by atoms with Gasteiger partial charge in [0.05, 0.1) is 0 Å². The number of anilines is 1. The maximum Gasteiger partial charge on any atom is 0.0372 e. The Morgan fingerprint density at radius 1 is 1.50 bits per heavy atom. The van der Waals surface area contributed by atoms with E-state index in [1.807, 2.05) is 0 Å². The van der Waals surface area contributed by atoms with Gasteiger partial charge in [-0.15, -0.1) is 0 Å². The van der Waals surface area contributed by atoms with Crippen LogP contribution >= 0.6 is 0 Å². The van der Waals surface area contributed by atoms with Crippen molar-refractivity contribution in [2.75, 3.05) is 24.5 Å². The van der Waals surface area contributed by atoms with Gasteiger partial charge in [0.1, 0.15) is 0 Å². The number of nitrogens with zero attached hydrogens (tertiary/aromatic N) is 1. The van der Waals surface area contributed by atoms with E-state index in [0.29, 0.717) is 6.54 Å². The largest absolute Gasteiger partial charge is 0.371 e. The van der Waals surface area contributed by atoms with Crippen LogP contribution in [0.2, 0.25) is 0 Å². The molecule has 1 atom stereocenters. The predicted octanol–water partition coefficient (Wildman–Crippen LogP) is 2.22. The monoisotopic (exact) mass is 217 g/mol. The van der Waals surface area contributed by atoms with Crippen molar-refractivity contribution in [2.45, 2.75) is 26.2 Å². The van der Waals surface area contributed by atoms with E-state index in [2.05, 4.69) is 36.1 Å². The quantitative estimate of drug-likeness (QED) is 0.841. The number of rotatable bonds is 3. The average molecular weight is 217 g/mol. The van der Waals surface area contributed by atoms with Crippen LogP contribution in [0.3, 0.4) is 0 Å². The Kier molecular flexibility index (Phi) is 3.83. The molecule has 1 unspecified atom stereocenters. The number of hydrogen-bond acceptors (Lipinski definition) is 2. The Balaban J connectivity index is 2.03. The predicted molar refractivity (Wildman–Crippen MR) is 68.6 cm³/mol. The lowest BCUT2D eigenvalue weighted by atomic mass is 9.99. The summed E-state index contributed by atoms with van der Waals surface area (Å²) in [6.07, 6.45) is 3.61. The molecule has 1 fully saturated rings. The highest BCUT2D eigenvalue weighted by Gasteiger charge is 2.16. The first-order valence-electron chi connectivity index (χ1n) is 6.25. The summed E-state index contributed by atoms with van der Waals surface area (Å²) in [6.45, 7) is 5.41. The minimum absolute atomic E-state index is 0.705. The molecule has 1 aromatic carbocycles. The molecular weight excluding hydrogens is 196 g/mol. The SMILES string of the molecule is CC1CCCN(c2c[c]c(CCN)cc2)C1. The molecule has 0 aliphatic carbocycles. The highest BCUT2D eigenvalue weighted by molar-refractivity contribution is 5.47. The second-order valence-electron chi connectivity index (χ2n) is 4.80. The third-order valence-electron chi connectivity index (χ3n) is 3.30. The lowest BCUT2D eigenvalue weighted by molar-refractivity contribution is 0.447. The normalized spacial score (nSPS) is 21.1. The van der Waals surface area contributed by atoms with Gasteiger partial charge in [0.15, 0.2) is 0 Å². The summed E-state index contributed by atoms with van der Waals surface area (Å²) < 4.78 is 0. The van der Waals surface area contributed by atoms with Crippen molar-refractivity contribution >= 4 is 5.69 Å². The molecule has 16 heavy (non-hydrogen) atoms. The highest BCUT2D eigenvalue weighted by atomic mass is 15.1. The second-order valence-corrected chi connectivity index (χ2v) is 4.80. The summed E-state index contributed by atoms with van der Waals surface area (Å²) in [5, 5.41) is 0. The Hall–Kier alpha value is -1.02. The highest BCUT2D eigenvalue weighted by Crippen LogP contribution is 2.22. The zero-order valence-electron chi connectivity index (χ0n) is 10.1. The number of hydrogen-bond donors (Lipinski definition) is 1. The molecule has 2 N–H and O–H groups in total. The molecule has 2 nitrogen and oxygen atoms in total.